The fourth-order valence-electron chi connectivity index (χ4n) is 3.21. The summed E-state index contributed by atoms with van der Waals surface area (Å²) in [6.45, 7) is 3.88. The fraction of sp³-hybridized carbons (Fsp3) is 0.304. The summed E-state index contributed by atoms with van der Waals surface area (Å²) in [6.07, 6.45) is 1.33. The van der Waals surface area contributed by atoms with Crippen LogP contribution in [0.25, 0.3) is 17.3 Å². The largest absolute Gasteiger partial charge is 1.00 e. The summed E-state index contributed by atoms with van der Waals surface area (Å²) in [5.74, 6) is -1.18. The predicted molar refractivity (Wildman–Crippen MR) is 117 cm³/mol. The number of aromatic nitrogens is 3. The van der Waals surface area contributed by atoms with Crippen molar-refractivity contribution < 1.29 is 58.6 Å². The second kappa shape index (κ2) is 12.7. The molecule has 3 N–H and O–H groups in total. The first-order chi connectivity index (χ1) is 15.7. The van der Waals surface area contributed by atoms with Crippen molar-refractivity contribution in [2.24, 2.45) is 0 Å². The molecule has 2 atom stereocenters. The maximum Gasteiger partial charge on any atom is 1.00 e. The molecule has 3 aromatic rings. The first-order valence-electron chi connectivity index (χ1n) is 10.3. The Morgan fingerprint density at radius 2 is 1.91 bits per heavy atom. The number of carboxylic acids is 1. The molecule has 0 spiro atoms. The van der Waals surface area contributed by atoms with E-state index < -0.39 is 30.4 Å². The molecule has 9 nitrogen and oxygen atoms in total. The Morgan fingerprint density at radius 3 is 2.50 bits per heavy atom. The van der Waals surface area contributed by atoms with Crippen molar-refractivity contribution in [1.29, 1.82) is 0 Å². The molecule has 0 aliphatic heterocycles. The van der Waals surface area contributed by atoms with E-state index in [4.69, 9.17) is 4.52 Å². The molecular formula is C23H24FN4NaO5. The van der Waals surface area contributed by atoms with Crippen LogP contribution in [-0.2, 0) is 4.79 Å². The van der Waals surface area contributed by atoms with Crippen LogP contribution in [0.5, 0.6) is 0 Å². The van der Waals surface area contributed by atoms with Gasteiger partial charge < -0.3 is 30.0 Å². The molecular weight excluding hydrogens is 454 g/mol. The number of benzene rings is 1. The molecule has 0 saturated carbocycles. The van der Waals surface area contributed by atoms with Gasteiger partial charge in [-0.1, -0.05) is 31.2 Å². The zero-order valence-electron chi connectivity index (χ0n) is 19.1. The van der Waals surface area contributed by atoms with Crippen LogP contribution in [0.2, 0.25) is 0 Å². The Bertz CT molecular complexity index is 1110. The molecule has 0 radical (unpaired) electrons. The van der Waals surface area contributed by atoms with Crippen molar-refractivity contribution in [3.8, 4) is 11.3 Å². The van der Waals surface area contributed by atoms with Crippen LogP contribution in [0.4, 0.5) is 16.2 Å². The van der Waals surface area contributed by atoms with Crippen molar-refractivity contribution in [3.05, 3.63) is 59.7 Å². The number of nitrogens with one attached hydrogen (secondary N) is 1. The van der Waals surface area contributed by atoms with Gasteiger partial charge in [-0.25, -0.2) is 14.4 Å². The van der Waals surface area contributed by atoms with E-state index in [1.54, 1.807) is 24.3 Å². The first kappa shape index (κ1) is 27.6. The molecule has 174 valence electrons. The minimum atomic E-state index is -1.40. The van der Waals surface area contributed by atoms with Gasteiger partial charge in [0, 0.05) is 36.0 Å². The molecule has 0 aliphatic carbocycles. The molecule has 11 heteroatoms. The van der Waals surface area contributed by atoms with Gasteiger partial charge in [-0.15, -0.1) is 0 Å². The van der Waals surface area contributed by atoms with E-state index in [-0.39, 0.29) is 47.8 Å². The molecule has 0 fully saturated rings. The Labute approximate surface area is 218 Å². The number of hydrogen-bond donors (Lipinski definition) is 3. The predicted octanol–water partition coefficient (Wildman–Crippen LogP) is -0.593. The third kappa shape index (κ3) is 7.71. The van der Waals surface area contributed by atoms with E-state index >= 15 is 0 Å². The Hall–Kier alpha value is -2.63. The van der Waals surface area contributed by atoms with Crippen molar-refractivity contribution in [2.75, 3.05) is 5.32 Å². The monoisotopic (exact) mass is 478 g/mol. The third-order valence-corrected chi connectivity index (χ3v) is 4.72. The molecule has 1 aromatic carbocycles. The number of halogens is 1. The minimum Gasteiger partial charge on any atom is -0.550 e. The number of aliphatic hydroxyl groups is 2. The number of carbonyl (C=O) groups is 1. The van der Waals surface area contributed by atoms with Gasteiger partial charge in [0.15, 0.2) is 5.82 Å². The van der Waals surface area contributed by atoms with Crippen LogP contribution in [0.15, 0.2) is 47.2 Å². The van der Waals surface area contributed by atoms with Gasteiger partial charge in [-0.05, 0) is 30.2 Å². The van der Waals surface area contributed by atoms with Crippen LogP contribution in [0, 0.1) is 5.82 Å². The van der Waals surface area contributed by atoms with Crippen molar-refractivity contribution in [3.63, 3.8) is 0 Å². The van der Waals surface area contributed by atoms with Gasteiger partial charge in [0.1, 0.15) is 12.1 Å². The van der Waals surface area contributed by atoms with E-state index in [1.807, 2.05) is 13.8 Å². The van der Waals surface area contributed by atoms with Gasteiger partial charge >= 0.3 is 29.6 Å². The van der Waals surface area contributed by atoms with Gasteiger partial charge in [0.2, 0.25) is 5.95 Å². The second-order valence-electron chi connectivity index (χ2n) is 7.76. The van der Waals surface area contributed by atoms with E-state index in [1.165, 1.54) is 24.5 Å². The topological polar surface area (TPSA) is 144 Å². The van der Waals surface area contributed by atoms with Gasteiger partial charge in [-0.3, -0.25) is 0 Å². The third-order valence-electron chi connectivity index (χ3n) is 4.72. The Morgan fingerprint density at radius 1 is 1.21 bits per heavy atom. The molecule has 0 saturated heterocycles. The number of rotatable bonds is 10. The summed E-state index contributed by atoms with van der Waals surface area (Å²) in [5, 5.41) is 37.4. The van der Waals surface area contributed by atoms with Crippen LogP contribution in [0.1, 0.15) is 43.9 Å². The van der Waals surface area contributed by atoms with E-state index in [2.05, 4.69) is 20.4 Å². The Balaban J connectivity index is 0.00000408. The maximum absolute atomic E-state index is 13.5. The smallest absolute Gasteiger partial charge is 0.550 e. The first-order valence-corrected chi connectivity index (χ1v) is 10.3. The molecule has 0 aliphatic rings. The van der Waals surface area contributed by atoms with Crippen LogP contribution in [-0.4, -0.2) is 43.5 Å². The molecule has 2 heterocycles. The van der Waals surface area contributed by atoms with Crippen LogP contribution < -0.4 is 40.0 Å². The van der Waals surface area contributed by atoms with Gasteiger partial charge in [0.05, 0.1) is 23.6 Å². The minimum absolute atomic E-state index is 0. The summed E-state index contributed by atoms with van der Waals surface area (Å²) in [5.41, 5.74) is 2.35. The Kier molecular flexibility index (Phi) is 10.3. The average molecular weight is 478 g/mol. The zero-order valence-corrected chi connectivity index (χ0v) is 21.1. The number of aliphatic carboxylic acids is 1. The van der Waals surface area contributed by atoms with Gasteiger partial charge in [0.25, 0.3) is 0 Å². The number of hydrogen-bond acceptors (Lipinski definition) is 9. The molecule has 0 bridgehead atoms. The van der Waals surface area contributed by atoms with Crippen LogP contribution in [0.3, 0.4) is 0 Å². The van der Waals surface area contributed by atoms with Crippen molar-refractivity contribution in [2.45, 2.75) is 44.8 Å². The number of nitrogens with zero attached hydrogens (tertiary/aromatic N) is 3. The summed E-state index contributed by atoms with van der Waals surface area (Å²) in [4.78, 5) is 19.8. The van der Waals surface area contributed by atoms with Gasteiger partial charge in [-0.2, -0.15) is 0 Å². The number of aliphatic hydroxyl groups excluding tert-OH is 2. The number of anilines is 2. The van der Waals surface area contributed by atoms with E-state index in [0.717, 1.165) is 0 Å². The van der Waals surface area contributed by atoms with Crippen LogP contribution >= 0.6 is 0 Å². The fourth-order valence-corrected chi connectivity index (χ4v) is 3.21. The number of carboxylic acid groups (broad SMARTS) is 1. The summed E-state index contributed by atoms with van der Waals surface area (Å²) < 4.78 is 18.4. The normalized spacial score (nSPS) is 13.0. The van der Waals surface area contributed by atoms with Crippen molar-refractivity contribution >= 4 is 23.8 Å². The number of carbonyl (C=O) groups excluding carboxylic acids is 1. The zero-order chi connectivity index (χ0) is 24.0. The van der Waals surface area contributed by atoms with Crippen molar-refractivity contribution in [1.82, 2.24) is 15.1 Å². The SMILES string of the molecule is CC(C)c1nc(Nc2ccon2)nc(-c2ccc(F)cc2)c1/C=C/[C@@H](O)C[C@@H](O)CC(=O)[O-].[Na+]. The van der Waals surface area contributed by atoms with E-state index in [9.17, 15) is 24.5 Å². The second-order valence-corrected chi connectivity index (χ2v) is 7.76. The molecule has 0 unspecified atom stereocenters. The standard InChI is InChI=1S/C23H25FN4O5.Na/c1-13(2)21-18(8-7-16(29)11-17(30)12-20(31)32)22(14-3-5-15(24)6-4-14)27-23(26-21)25-19-9-10-33-28-19;/h3-10,13,16-17,29-30H,11-12H2,1-2H3,(H,31,32)(H,25,26,27,28);/q;+1/p-1/b8-7+;/t16-,17-;/m1./s1. The average Bonchev–Trinajstić information content (AvgIpc) is 3.25. The maximum atomic E-state index is 13.5. The summed E-state index contributed by atoms with van der Waals surface area (Å²) in [6, 6.07) is 7.40. The molecule has 3 rings (SSSR count). The van der Waals surface area contributed by atoms with E-state index in [0.29, 0.717) is 28.3 Å². The summed E-state index contributed by atoms with van der Waals surface area (Å²) >= 11 is 0. The summed E-state index contributed by atoms with van der Waals surface area (Å²) in [7, 11) is 0. The quantitative estimate of drug-likeness (QED) is 0.326. The molecule has 2 aromatic heterocycles. The molecule has 0 amide bonds. The molecule has 34 heavy (non-hydrogen) atoms.